The summed E-state index contributed by atoms with van der Waals surface area (Å²) in [5.41, 5.74) is 0.966. The number of nitrogens with one attached hydrogen (secondary N) is 1. The average molecular weight is 246 g/mol. The molecule has 0 saturated heterocycles. The van der Waals surface area contributed by atoms with E-state index in [0.29, 0.717) is 5.02 Å². The van der Waals surface area contributed by atoms with E-state index in [1.54, 1.807) is 13.0 Å². The maximum Gasteiger partial charge on any atom is 0.238 e. The maximum absolute atomic E-state index is 11.3. The third-order valence-corrected chi connectivity index (χ3v) is 2.50. The molecule has 0 saturated carbocycles. The molecule has 0 aliphatic rings. The van der Waals surface area contributed by atoms with E-state index in [9.17, 15) is 4.79 Å². The first kappa shape index (κ1) is 12.3. The van der Waals surface area contributed by atoms with Crippen LogP contribution < -0.4 is 5.32 Å². The molecule has 0 heterocycles. The predicted molar refractivity (Wildman–Crippen MR) is 63.3 cm³/mol. The van der Waals surface area contributed by atoms with Gasteiger partial charge >= 0.3 is 0 Å². The molecule has 1 aromatic rings. The van der Waals surface area contributed by atoms with E-state index >= 15 is 0 Å². The Bertz CT molecular complexity index is 352. The molecule has 0 radical (unpaired) electrons. The minimum Gasteiger partial charge on any atom is -0.348 e. The summed E-state index contributed by atoms with van der Waals surface area (Å²) in [6, 6.07) is 7.30. The van der Waals surface area contributed by atoms with Crippen molar-refractivity contribution in [1.82, 2.24) is 5.32 Å². The summed E-state index contributed by atoms with van der Waals surface area (Å²) in [6.45, 7) is 3.53. The number of halogens is 2. The Kier molecular flexibility index (Phi) is 4.43. The average Bonchev–Trinajstić information content (AvgIpc) is 2.17. The number of amides is 1. The second-order valence-corrected chi connectivity index (χ2v) is 4.49. The lowest BCUT2D eigenvalue weighted by Crippen LogP contribution is -2.31. The molecule has 82 valence electrons. The van der Waals surface area contributed by atoms with Crippen molar-refractivity contribution in [3.63, 3.8) is 0 Å². The molecule has 2 nitrogen and oxygen atoms in total. The van der Waals surface area contributed by atoms with Crippen molar-refractivity contribution in [3.05, 3.63) is 34.9 Å². The molecule has 1 N–H and O–H groups in total. The van der Waals surface area contributed by atoms with Crippen molar-refractivity contribution in [1.29, 1.82) is 0 Å². The molecule has 0 fully saturated rings. The van der Waals surface area contributed by atoms with Gasteiger partial charge in [0.2, 0.25) is 5.91 Å². The van der Waals surface area contributed by atoms with Gasteiger partial charge in [-0.3, -0.25) is 4.79 Å². The van der Waals surface area contributed by atoms with Gasteiger partial charge in [0, 0.05) is 5.02 Å². The smallest absolute Gasteiger partial charge is 0.238 e. The molecule has 0 spiro atoms. The van der Waals surface area contributed by atoms with Crippen molar-refractivity contribution in [2.24, 2.45) is 0 Å². The van der Waals surface area contributed by atoms with Crippen molar-refractivity contribution in [2.75, 3.05) is 0 Å². The minimum atomic E-state index is -0.522. The van der Waals surface area contributed by atoms with Gasteiger partial charge in [-0.25, -0.2) is 0 Å². The highest BCUT2D eigenvalue weighted by Crippen LogP contribution is 2.17. The van der Waals surface area contributed by atoms with E-state index in [1.807, 2.05) is 25.1 Å². The fraction of sp³-hybridized carbons (Fsp3) is 0.364. The number of carbonyl (C=O) groups excluding carboxylic acids is 1. The monoisotopic (exact) mass is 245 g/mol. The quantitative estimate of drug-likeness (QED) is 0.815. The molecule has 1 amide bonds. The van der Waals surface area contributed by atoms with Gasteiger partial charge in [-0.2, -0.15) is 0 Å². The number of hydrogen-bond donors (Lipinski definition) is 1. The summed E-state index contributed by atoms with van der Waals surface area (Å²) in [5.74, 6) is -0.177. The molecule has 0 aromatic heterocycles. The molecule has 0 aliphatic carbocycles. The SMILES string of the molecule is CC(Cl)C(=O)N[C@H](C)c1cccc(Cl)c1. The zero-order valence-corrected chi connectivity index (χ0v) is 10.1. The molecule has 1 unspecified atom stereocenters. The Morgan fingerprint density at radius 2 is 2.07 bits per heavy atom. The molecular formula is C11H13Cl2NO. The van der Waals surface area contributed by atoms with Crippen LogP contribution >= 0.6 is 23.2 Å². The standard InChI is InChI=1S/C11H13Cl2NO/c1-7(12)11(15)14-8(2)9-4-3-5-10(13)6-9/h3-8H,1-2H3,(H,14,15)/t7?,8-/m1/s1. The van der Waals surface area contributed by atoms with Crippen LogP contribution in [0.3, 0.4) is 0 Å². The lowest BCUT2D eigenvalue weighted by molar-refractivity contribution is -0.121. The normalized spacial score (nSPS) is 14.4. The first-order chi connectivity index (χ1) is 7.00. The molecule has 4 heteroatoms. The highest BCUT2D eigenvalue weighted by molar-refractivity contribution is 6.31. The number of hydrogen-bond acceptors (Lipinski definition) is 1. The lowest BCUT2D eigenvalue weighted by Gasteiger charge is -2.15. The number of carbonyl (C=O) groups is 1. The van der Waals surface area contributed by atoms with Crippen LogP contribution in [0.15, 0.2) is 24.3 Å². The summed E-state index contributed by atoms with van der Waals surface area (Å²) < 4.78 is 0. The summed E-state index contributed by atoms with van der Waals surface area (Å²) in [6.07, 6.45) is 0. The molecule has 0 bridgehead atoms. The van der Waals surface area contributed by atoms with Gasteiger partial charge in [-0.15, -0.1) is 11.6 Å². The molecule has 1 aromatic carbocycles. The van der Waals surface area contributed by atoms with Crippen LogP contribution in [-0.4, -0.2) is 11.3 Å². The Hall–Kier alpha value is -0.730. The number of rotatable bonds is 3. The molecule has 0 aliphatic heterocycles. The van der Waals surface area contributed by atoms with Crippen LogP contribution in [0.4, 0.5) is 0 Å². The second kappa shape index (κ2) is 5.38. The summed E-state index contributed by atoms with van der Waals surface area (Å²) in [5, 5.41) is 2.93. The van der Waals surface area contributed by atoms with Crippen molar-refractivity contribution >= 4 is 29.1 Å². The molecule has 2 atom stereocenters. The van der Waals surface area contributed by atoms with Crippen LogP contribution in [0.2, 0.25) is 5.02 Å². The van der Waals surface area contributed by atoms with Gasteiger partial charge in [-0.05, 0) is 31.5 Å². The van der Waals surface area contributed by atoms with Gasteiger partial charge in [0.25, 0.3) is 0 Å². The largest absolute Gasteiger partial charge is 0.348 e. The van der Waals surface area contributed by atoms with E-state index in [2.05, 4.69) is 5.32 Å². The van der Waals surface area contributed by atoms with Gasteiger partial charge in [0.05, 0.1) is 6.04 Å². The van der Waals surface area contributed by atoms with Gasteiger partial charge < -0.3 is 5.32 Å². The third kappa shape index (κ3) is 3.73. The zero-order valence-electron chi connectivity index (χ0n) is 8.63. The predicted octanol–water partition coefficient (Wildman–Crippen LogP) is 3.14. The van der Waals surface area contributed by atoms with Crippen LogP contribution in [0, 0.1) is 0 Å². The maximum atomic E-state index is 11.3. The van der Waals surface area contributed by atoms with Crippen LogP contribution in [-0.2, 0) is 4.79 Å². The van der Waals surface area contributed by atoms with Crippen LogP contribution in [0.5, 0.6) is 0 Å². The minimum absolute atomic E-state index is 0.0857. The lowest BCUT2D eigenvalue weighted by atomic mass is 10.1. The summed E-state index contributed by atoms with van der Waals surface area (Å²) >= 11 is 11.5. The molecular weight excluding hydrogens is 233 g/mol. The number of alkyl halides is 1. The summed E-state index contributed by atoms with van der Waals surface area (Å²) in [4.78, 5) is 11.3. The highest BCUT2D eigenvalue weighted by atomic mass is 35.5. The third-order valence-electron chi connectivity index (χ3n) is 2.07. The Balaban J connectivity index is 2.69. The van der Waals surface area contributed by atoms with Crippen LogP contribution in [0.1, 0.15) is 25.5 Å². The second-order valence-electron chi connectivity index (χ2n) is 3.40. The fourth-order valence-corrected chi connectivity index (χ4v) is 1.45. The first-order valence-electron chi connectivity index (χ1n) is 4.70. The van der Waals surface area contributed by atoms with E-state index < -0.39 is 5.38 Å². The Morgan fingerprint density at radius 3 is 2.60 bits per heavy atom. The van der Waals surface area contributed by atoms with E-state index in [-0.39, 0.29) is 11.9 Å². The molecule has 15 heavy (non-hydrogen) atoms. The van der Waals surface area contributed by atoms with Crippen molar-refractivity contribution in [3.8, 4) is 0 Å². The zero-order chi connectivity index (χ0) is 11.4. The number of benzene rings is 1. The summed E-state index contributed by atoms with van der Waals surface area (Å²) in [7, 11) is 0. The fourth-order valence-electron chi connectivity index (χ4n) is 1.19. The van der Waals surface area contributed by atoms with Crippen molar-refractivity contribution in [2.45, 2.75) is 25.3 Å². The topological polar surface area (TPSA) is 29.1 Å². The van der Waals surface area contributed by atoms with Gasteiger partial charge in [0.15, 0.2) is 0 Å². The van der Waals surface area contributed by atoms with Crippen LogP contribution in [0.25, 0.3) is 0 Å². The van der Waals surface area contributed by atoms with Gasteiger partial charge in [0.1, 0.15) is 5.38 Å². The Morgan fingerprint density at radius 1 is 1.40 bits per heavy atom. The highest BCUT2D eigenvalue weighted by Gasteiger charge is 2.13. The van der Waals surface area contributed by atoms with E-state index in [1.165, 1.54) is 0 Å². The van der Waals surface area contributed by atoms with E-state index in [0.717, 1.165) is 5.56 Å². The van der Waals surface area contributed by atoms with E-state index in [4.69, 9.17) is 23.2 Å². The van der Waals surface area contributed by atoms with Gasteiger partial charge in [-0.1, -0.05) is 23.7 Å². The molecule has 1 rings (SSSR count). The van der Waals surface area contributed by atoms with Crippen molar-refractivity contribution < 1.29 is 4.79 Å². The first-order valence-corrected chi connectivity index (χ1v) is 5.52. The Labute approximate surface area is 99.6 Å².